The molecule has 7 nitrogen and oxygen atoms in total. The van der Waals surface area contributed by atoms with Crippen molar-refractivity contribution in [3.8, 4) is 0 Å². The molecule has 0 fully saturated rings. The Balaban J connectivity index is 2.12. The van der Waals surface area contributed by atoms with Gasteiger partial charge in [-0.05, 0) is 25.8 Å². The van der Waals surface area contributed by atoms with Gasteiger partial charge in [-0.1, -0.05) is 18.7 Å². The van der Waals surface area contributed by atoms with Crippen molar-refractivity contribution in [3.63, 3.8) is 0 Å². The molecule has 24 heavy (non-hydrogen) atoms. The van der Waals surface area contributed by atoms with E-state index in [1.165, 1.54) is 23.1 Å². The molecule has 2 heterocycles. The van der Waals surface area contributed by atoms with E-state index in [1.807, 2.05) is 20.9 Å². The fourth-order valence-electron chi connectivity index (χ4n) is 2.21. The van der Waals surface area contributed by atoms with Gasteiger partial charge in [-0.3, -0.25) is 4.79 Å². The van der Waals surface area contributed by atoms with Crippen molar-refractivity contribution >= 4 is 40.0 Å². The SMILES string of the molecule is CCOC(=O)c1c(NC(=O)CSc2nncn2C)sc(C)c1CC. The molecule has 1 amide bonds. The number of aromatic nitrogens is 3. The molecule has 0 aromatic carbocycles. The van der Waals surface area contributed by atoms with E-state index in [9.17, 15) is 9.59 Å². The second-order valence-electron chi connectivity index (χ2n) is 4.98. The summed E-state index contributed by atoms with van der Waals surface area (Å²) < 4.78 is 6.87. The van der Waals surface area contributed by atoms with E-state index in [4.69, 9.17) is 4.74 Å². The normalized spacial score (nSPS) is 10.7. The number of ether oxygens (including phenoxy) is 1. The van der Waals surface area contributed by atoms with Gasteiger partial charge in [0.15, 0.2) is 5.16 Å². The van der Waals surface area contributed by atoms with E-state index >= 15 is 0 Å². The van der Waals surface area contributed by atoms with Crippen molar-refractivity contribution in [1.29, 1.82) is 0 Å². The van der Waals surface area contributed by atoms with Crippen molar-refractivity contribution < 1.29 is 14.3 Å². The van der Waals surface area contributed by atoms with Gasteiger partial charge < -0.3 is 14.6 Å². The minimum absolute atomic E-state index is 0.188. The van der Waals surface area contributed by atoms with Crippen LogP contribution in [-0.2, 0) is 23.0 Å². The van der Waals surface area contributed by atoms with E-state index in [-0.39, 0.29) is 11.7 Å². The standard InChI is InChI=1S/C15H20N4O3S2/c1-5-10-9(3)24-13(12(10)14(21)22-6-2)17-11(20)7-23-15-18-16-8-19(15)4/h8H,5-7H2,1-4H3,(H,17,20). The van der Waals surface area contributed by atoms with Gasteiger partial charge in [-0.25, -0.2) is 4.79 Å². The van der Waals surface area contributed by atoms with Crippen LogP contribution in [0, 0.1) is 6.92 Å². The quantitative estimate of drug-likeness (QED) is 0.597. The number of amides is 1. The van der Waals surface area contributed by atoms with Crippen LogP contribution < -0.4 is 5.32 Å². The lowest BCUT2D eigenvalue weighted by molar-refractivity contribution is -0.113. The number of carbonyl (C=O) groups is 2. The number of hydrogen-bond donors (Lipinski definition) is 1. The van der Waals surface area contributed by atoms with Gasteiger partial charge in [-0.2, -0.15) is 0 Å². The molecule has 0 aliphatic heterocycles. The first-order chi connectivity index (χ1) is 11.5. The highest BCUT2D eigenvalue weighted by molar-refractivity contribution is 7.99. The largest absolute Gasteiger partial charge is 0.462 e. The zero-order valence-electron chi connectivity index (χ0n) is 14.1. The van der Waals surface area contributed by atoms with Crippen LogP contribution in [0.25, 0.3) is 0 Å². The molecule has 130 valence electrons. The zero-order chi connectivity index (χ0) is 17.7. The monoisotopic (exact) mass is 368 g/mol. The summed E-state index contributed by atoms with van der Waals surface area (Å²) in [4.78, 5) is 25.5. The summed E-state index contributed by atoms with van der Waals surface area (Å²) in [6.07, 6.45) is 2.29. The van der Waals surface area contributed by atoms with Crippen LogP contribution in [-0.4, -0.2) is 39.0 Å². The number of nitrogens with one attached hydrogen (secondary N) is 1. The van der Waals surface area contributed by atoms with Gasteiger partial charge in [0.05, 0.1) is 17.9 Å². The molecular formula is C15H20N4O3S2. The summed E-state index contributed by atoms with van der Waals surface area (Å²) >= 11 is 2.69. The Morgan fingerprint density at radius 1 is 1.42 bits per heavy atom. The van der Waals surface area contributed by atoms with E-state index in [1.54, 1.807) is 17.8 Å². The third-order valence-corrected chi connectivity index (χ3v) is 5.39. The van der Waals surface area contributed by atoms with Crippen LogP contribution >= 0.6 is 23.1 Å². The highest BCUT2D eigenvalue weighted by Gasteiger charge is 2.23. The molecule has 0 aliphatic carbocycles. The molecule has 0 unspecified atom stereocenters. The predicted molar refractivity (Wildman–Crippen MR) is 94.7 cm³/mol. The Kier molecular flexibility index (Phi) is 6.38. The summed E-state index contributed by atoms with van der Waals surface area (Å²) in [5.74, 6) is -0.403. The molecule has 2 aromatic heterocycles. The first-order valence-electron chi connectivity index (χ1n) is 7.53. The lowest BCUT2D eigenvalue weighted by Gasteiger charge is -2.07. The number of esters is 1. The summed E-state index contributed by atoms with van der Waals surface area (Å²) in [5.41, 5.74) is 1.40. The van der Waals surface area contributed by atoms with E-state index in [0.29, 0.717) is 28.7 Å². The third-order valence-electron chi connectivity index (χ3n) is 3.30. The number of thioether (sulfide) groups is 1. The topological polar surface area (TPSA) is 86.1 Å². The van der Waals surface area contributed by atoms with Crippen LogP contribution in [0.4, 0.5) is 5.00 Å². The van der Waals surface area contributed by atoms with Crippen molar-refractivity contribution in [3.05, 3.63) is 22.3 Å². The molecule has 0 saturated carbocycles. The molecule has 1 N–H and O–H groups in total. The van der Waals surface area contributed by atoms with Crippen LogP contribution in [0.5, 0.6) is 0 Å². The van der Waals surface area contributed by atoms with E-state index < -0.39 is 5.97 Å². The molecule has 0 saturated heterocycles. The fourth-order valence-corrected chi connectivity index (χ4v) is 4.05. The number of rotatable bonds is 7. The molecule has 9 heteroatoms. The maximum Gasteiger partial charge on any atom is 0.341 e. The lowest BCUT2D eigenvalue weighted by Crippen LogP contribution is -2.17. The second-order valence-corrected chi connectivity index (χ2v) is 7.14. The minimum atomic E-state index is -0.394. The van der Waals surface area contributed by atoms with Gasteiger partial charge in [0.1, 0.15) is 11.3 Å². The number of nitrogens with zero attached hydrogens (tertiary/aromatic N) is 3. The molecule has 2 rings (SSSR count). The average molecular weight is 368 g/mol. The van der Waals surface area contributed by atoms with Gasteiger partial charge in [0.25, 0.3) is 0 Å². The molecule has 0 bridgehead atoms. The third kappa shape index (κ3) is 4.15. The zero-order valence-corrected chi connectivity index (χ0v) is 15.7. The van der Waals surface area contributed by atoms with Crippen molar-refractivity contribution in [2.45, 2.75) is 32.3 Å². The van der Waals surface area contributed by atoms with E-state index in [2.05, 4.69) is 15.5 Å². The molecule has 0 radical (unpaired) electrons. The Hall–Kier alpha value is -1.87. The first-order valence-corrected chi connectivity index (χ1v) is 9.34. The van der Waals surface area contributed by atoms with Crippen molar-refractivity contribution in [2.24, 2.45) is 7.05 Å². The Labute approximate surface area is 148 Å². The number of anilines is 1. The summed E-state index contributed by atoms with van der Waals surface area (Å²) in [6, 6.07) is 0. The number of aryl methyl sites for hydroxylation is 2. The number of thiophene rings is 1. The van der Waals surface area contributed by atoms with Gasteiger partial charge in [0.2, 0.25) is 5.91 Å². The number of hydrogen-bond acceptors (Lipinski definition) is 7. The average Bonchev–Trinajstić information content (AvgIpc) is 3.08. The van der Waals surface area contributed by atoms with Crippen LogP contribution in [0.3, 0.4) is 0 Å². The molecular weight excluding hydrogens is 348 g/mol. The van der Waals surface area contributed by atoms with Crippen LogP contribution in [0.2, 0.25) is 0 Å². The smallest absolute Gasteiger partial charge is 0.341 e. The van der Waals surface area contributed by atoms with Gasteiger partial charge in [-0.15, -0.1) is 21.5 Å². The highest BCUT2D eigenvalue weighted by atomic mass is 32.2. The van der Waals surface area contributed by atoms with Crippen molar-refractivity contribution in [2.75, 3.05) is 17.7 Å². The van der Waals surface area contributed by atoms with Crippen LogP contribution in [0.1, 0.15) is 34.6 Å². The van der Waals surface area contributed by atoms with E-state index in [0.717, 1.165) is 10.4 Å². The summed E-state index contributed by atoms with van der Waals surface area (Å²) in [5, 5.41) is 11.7. The first kappa shape index (κ1) is 18.5. The molecule has 0 spiro atoms. The molecule has 0 atom stereocenters. The molecule has 0 aliphatic rings. The maximum absolute atomic E-state index is 12.2. The summed E-state index contributed by atoms with van der Waals surface area (Å²) in [7, 11) is 1.81. The Morgan fingerprint density at radius 2 is 2.17 bits per heavy atom. The van der Waals surface area contributed by atoms with Crippen molar-refractivity contribution in [1.82, 2.24) is 14.8 Å². The van der Waals surface area contributed by atoms with Crippen LogP contribution in [0.15, 0.2) is 11.5 Å². The number of carbonyl (C=O) groups excluding carboxylic acids is 2. The van der Waals surface area contributed by atoms with Gasteiger partial charge in [0, 0.05) is 11.9 Å². The Bertz CT molecular complexity index is 739. The predicted octanol–water partition coefficient (Wildman–Crippen LogP) is 2.65. The highest BCUT2D eigenvalue weighted by Crippen LogP contribution is 2.34. The second kappa shape index (κ2) is 8.29. The fraction of sp³-hybridized carbons (Fsp3) is 0.467. The summed E-state index contributed by atoms with van der Waals surface area (Å²) in [6.45, 7) is 5.98. The minimum Gasteiger partial charge on any atom is -0.462 e. The Morgan fingerprint density at radius 3 is 2.75 bits per heavy atom. The lowest BCUT2D eigenvalue weighted by atomic mass is 10.1. The van der Waals surface area contributed by atoms with Gasteiger partial charge >= 0.3 is 5.97 Å². The molecule has 2 aromatic rings. The maximum atomic E-state index is 12.2.